The lowest BCUT2D eigenvalue weighted by molar-refractivity contribution is 0.0989. The Kier molecular flexibility index (Phi) is 2.59. The van der Waals surface area contributed by atoms with E-state index in [1.165, 1.54) is 0 Å². The predicted molar refractivity (Wildman–Crippen MR) is 39.3 cm³/mol. The minimum absolute atomic E-state index is 0.340. The van der Waals surface area contributed by atoms with Crippen molar-refractivity contribution in [2.24, 2.45) is 5.73 Å². The van der Waals surface area contributed by atoms with Gasteiger partial charge in [0, 0.05) is 6.07 Å². The van der Waals surface area contributed by atoms with Gasteiger partial charge in [0.25, 0.3) is 12.3 Å². The van der Waals surface area contributed by atoms with E-state index in [9.17, 15) is 18.0 Å². The topological polar surface area (TPSA) is 76.2 Å². The second-order valence-electron chi connectivity index (χ2n) is 2.40. The molecule has 1 aromatic heterocycles. The molecule has 0 fully saturated rings. The SMILES string of the molecule is NC(=O)c1nc(F)cc(C(F)F)c1O. The second kappa shape index (κ2) is 3.52. The van der Waals surface area contributed by atoms with Gasteiger partial charge in [0.05, 0.1) is 5.56 Å². The number of carbonyl (C=O) groups is 1. The van der Waals surface area contributed by atoms with Crippen molar-refractivity contribution in [1.29, 1.82) is 0 Å². The first-order chi connectivity index (χ1) is 6.43. The zero-order valence-electron chi connectivity index (χ0n) is 6.67. The van der Waals surface area contributed by atoms with Gasteiger partial charge in [0.2, 0.25) is 5.95 Å². The summed E-state index contributed by atoms with van der Waals surface area (Å²) >= 11 is 0. The smallest absolute Gasteiger partial charge is 0.271 e. The Bertz CT molecular complexity index is 381. The first-order valence-electron chi connectivity index (χ1n) is 3.41. The molecule has 1 rings (SSSR count). The Hall–Kier alpha value is -1.79. The number of hydrogen-bond donors (Lipinski definition) is 2. The van der Waals surface area contributed by atoms with Gasteiger partial charge in [-0.2, -0.15) is 4.39 Å². The zero-order chi connectivity index (χ0) is 10.9. The third-order valence-electron chi connectivity index (χ3n) is 1.46. The number of halogens is 3. The molecule has 76 valence electrons. The van der Waals surface area contributed by atoms with Gasteiger partial charge in [-0.25, -0.2) is 13.8 Å². The normalized spacial score (nSPS) is 10.6. The summed E-state index contributed by atoms with van der Waals surface area (Å²) in [4.78, 5) is 13.4. The Morgan fingerprint density at radius 1 is 1.57 bits per heavy atom. The van der Waals surface area contributed by atoms with Crippen LogP contribution in [0.15, 0.2) is 6.07 Å². The summed E-state index contributed by atoms with van der Waals surface area (Å²) in [7, 11) is 0. The number of hydrogen-bond acceptors (Lipinski definition) is 3. The van der Waals surface area contributed by atoms with Gasteiger partial charge in [0.15, 0.2) is 11.4 Å². The average Bonchev–Trinajstić information content (AvgIpc) is 2.07. The number of aromatic nitrogens is 1. The molecular formula is C7H5F3N2O2. The average molecular weight is 206 g/mol. The largest absolute Gasteiger partial charge is 0.505 e. The van der Waals surface area contributed by atoms with Crippen LogP contribution in [0.4, 0.5) is 13.2 Å². The highest BCUT2D eigenvalue weighted by atomic mass is 19.3. The van der Waals surface area contributed by atoms with Crippen LogP contribution in [0.3, 0.4) is 0 Å². The Morgan fingerprint density at radius 3 is 2.57 bits per heavy atom. The van der Waals surface area contributed by atoms with Gasteiger partial charge in [0.1, 0.15) is 0 Å². The van der Waals surface area contributed by atoms with E-state index in [4.69, 9.17) is 5.11 Å². The van der Waals surface area contributed by atoms with Crippen molar-refractivity contribution in [2.75, 3.05) is 0 Å². The first kappa shape index (κ1) is 10.3. The van der Waals surface area contributed by atoms with Crippen LogP contribution in [0.1, 0.15) is 22.5 Å². The number of carbonyl (C=O) groups excluding carboxylic acids is 1. The predicted octanol–water partition coefficient (Wildman–Crippen LogP) is 0.963. The van der Waals surface area contributed by atoms with E-state index in [0.717, 1.165) is 0 Å². The van der Waals surface area contributed by atoms with E-state index in [2.05, 4.69) is 10.7 Å². The number of pyridine rings is 1. The highest BCUT2D eigenvalue weighted by Gasteiger charge is 2.21. The summed E-state index contributed by atoms with van der Waals surface area (Å²) in [5, 5.41) is 9.04. The quantitative estimate of drug-likeness (QED) is 0.707. The molecule has 0 saturated heterocycles. The van der Waals surface area contributed by atoms with Crippen LogP contribution in [0.2, 0.25) is 0 Å². The molecule has 0 aliphatic heterocycles. The Morgan fingerprint density at radius 2 is 2.14 bits per heavy atom. The minimum Gasteiger partial charge on any atom is -0.505 e. The highest BCUT2D eigenvalue weighted by molar-refractivity contribution is 5.93. The Labute approximate surface area is 76.2 Å². The lowest BCUT2D eigenvalue weighted by atomic mass is 10.2. The van der Waals surface area contributed by atoms with Crippen molar-refractivity contribution in [3.05, 3.63) is 23.3 Å². The monoisotopic (exact) mass is 206 g/mol. The molecule has 1 amide bonds. The van der Waals surface area contributed by atoms with Crippen molar-refractivity contribution in [3.63, 3.8) is 0 Å². The Balaban J connectivity index is 3.40. The van der Waals surface area contributed by atoms with Crippen molar-refractivity contribution in [2.45, 2.75) is 6.43 Å². The lowest BCUT2D eigenvalue weighted by Crippen LogP contribution is -2.15. The number of primary amides is 1. The van der Waals surface area contributed by atoms with Gasteiger partial charge in [-0.15, -0.1) is 0 Å². The zero-order valence-corrected chi connectivity index (χ0v) is 6.67. The van der Waals surface area contributed by atoms with E-state index in [0.29, 0.717) is 6.07 Å². The van der Waals surface area contributed by atoms with Crippen molar-refractivity contribution in [1.82, 2.24) is 4.98 Å². The summed E-state index contributed by atoms with van der Waals surface area (Å²) in [6.45, 7) is 0. The molecule has 14 heavy (non-hydrogen) atoms. The number of aromatic hydroxyl groups is 1. The number of nitrogens with two attached hydrogens (primary N) is 1. The molecule has 0 radical (unpaired) electrons. The van der Waals surface area contributed by atoms with Crippen LogP contribution in [-0.4, -0.2) is 16.0 Å². The van der Waals surface area contributed by atoms with Crippen LogP contribution in [0.5, 0.6) is 5.75 Å². The van der Waals surface area contributed by atoms with E-state index in [-0.39, 0.29) is 0 Å². The fourth-order valence-electron chi connectivity index (χ4n) is 0.864. The molecule has 0 bridgehead atoms. The third kappa shape index (κ3) is 1.76. The molecular weight excluding hydrogens is 201 g/mol. The van der Waals surface area contributed by atoms with Crippen LogP contribution >= 0.6 is 0 Å². The number of amides is 1. The minimum atomic E-state index is -3.11. The third-order valence-corrected chi connectivity index (χ3v) is 1.46. The van der Waals surface area contributed by atoms with Crippen LogP contribution < -0.4 is 5.73 Å². The van der Waals surface area contributed by atoms with Crippen LogP contribution in [-0.2, 0) is 0 Å². The fraction of sp³-hybridized carbons (Fsp3) is 0.143. The highest BCUT2D eigenvalue weighted by Crippen LogP contribution is 2.30. The molecule has 1 heterocycles. The summed E-state index contributed by atoms with van der Waals surface area (Å²) < 4.78 is 36.9. The molecule has 7 heteroatoms. The number of rotatable bonds is 2. The van der Waals surface area contributed by atoms with Gasteiger partial charge in [-0.3, -0.25) is 4.79 Å². The summed E-state index contributed by atoms with van der Waals surface area (Å²) in [5.74, 6) is -3.66. The maximum atomic E-state index is 12.6. The van der Waals surface area contributed by atoms with E-state index < -0.39 is 35.3 Å². The summed E-state index contributed by atoms with van der Waals surface area (Å²) in [6.07, 6.45) is -3.11. The molecule has 0 unspecified atom stereocenters. The molecule has 0 aliphatic carbocycles. The molecule has 4 nitrogen and oxygen atoms in total. The van der Waals surface area contributed by atoms with Gasteiger partial charge < -0.3 is 10.8 Å². The molecule has 1 aromatic rings. The summed E-state index contributed by atoms with van der Waals surface area (Å²) in [5.41, 5.74) is 2.77. The van der Waals surface area contributed by atoms with Crippen LogP contribution in [0.25, 0.3) is 0 Å². The van der Waals surface area contributed by atoms with Crippen molar-refractivity contribution < 1.29 is 23.1 Å². The number of alkyl halides is 2. The standard InChI is InChI=1S/C7H5F3N2O2/c8-3-1-2(6(9)10)5(13)4(12-3)7(11)14/h1,6,13H,(H2,11,14). The summed E-state index contributed by atoms with van der Waals surface area (Å²) in [6, 6.07) is 0.340. The van der Waals surface area contributed by atoms with E-state index in [1.54, 1.807) is 0 Å². The fourth-order valence-corrected chi connectivity index (χ4v) is 0.864. The maximum absolute atomic E-state index is 12.6. The van der Waals surface area contributed by atoms with Crippen LogP contribution in [0, 0.1) is 5.95 Å². The van der Waals surface area contributed by atoms with E-state index in [1.807, 2.05) is 0 Å². The molecule has 3 N–H and O–H groups in total. The maximum Gasteiger partial charge on any atom is 0.271 e. The van der Waals surface area contributed by atoms with Crippen molar-refractivity contribution in [3.8, 4) is 5.75 Å². The van der Waals surface area contributed by atoms with Gasteiger partial charge in [-0.05, 0) is 0 Å². The lowest BCUT2D eigenvalue weighted by Gasteiger charge is -2.05. The molecule has 0 saturated carbocycles. The molecule has 0 spiro atoms. The van der Waals surface area contributed by atoms with Gasteiger partial charge in [-0.1, -0.05) is 0 Å². The molecule has 0 aromatic carbocycles. The van der Waals surface area contributed by atoms with Gasteiger partial charge >= 0.3 is 0 Å². The number of nitrogens with zero attached hydrogens (tertiary/aromatic N) is 1. The van der Waals surface area contributed by atoms with Crippen molar-refractivity contribution >= 4 is 5.91 Å². The van der Waals surface area contributed by atoms with E-state index >= 15 is 0 Å². The first-order valence-corrected chi connectivity index (χ1v) is 3.41. The molecule has 0 aliphatic rings. The second-order valence-corrected chi connectivity index (χ2v) is 2.40. The molecule has 0 atom stereocenters.